The quantitative estimate of drug-likeness (QED) is 0.863. The Bertz CT molecular complexity index is 493. The third kappa shape index (κ3) is 3.70. The fraction of sp³-hybridized carbons (Fsp3) is 0.625. The number of hydrogen-bond acceptors (Lipinski definition) is 2. The van der Waals surface area contributed by atoms with E-state index in [1.54, 1.807) is 6.07 Å². The monoisotopic (exact) mass is 299 g/mol. The summed E-state index contributed by atoms with van der Waals surface area (Å²) in [5, 5.41) is 9.11. The maximum Gasteiger partial charge on any atom is 0.416 e. The zero-order valence-electron chi connectivity index (χ0n) is 11.9. The van der Waals surface area contributed by atoms with Crippen molar-refractivity contribution in [2.45, 2.75) is 38.5 Å². The van der Waals surface area contributed by atoms with Gasteiger partial charge < -0.3 is 10.0 Å². The van der Waals surface area contributed by atoms with E-state index in [2.05, 4.69) is 4.90 Å². The lowest BCUT2D eigenvalue weighted by molar-refractivity contribution is -0.138. The van der Waals surface area contributed by atoms with Gasteiger partial charge in [-0.05, 0) is 55.2 Å². The lowest BCUT2D eigenvalue weighted by Crippen LogP contribution is -2.28. The van der Waals surface area contributed by atoms with Crippen LogP contribution in [0.15, 0.2) is 18.2 Å². The normalized spacial score (nSPS) is 18.9. The van der Waals surface area contributed by atoms with Crippen molar-refractivity contribution in [3.8, 4) is 0 Å². The number of aliphatic hydroxyl groups is 1. The van der Waals surface area contributed by atoms with Gasteiger partial charge in [-0.1, -0.05) is 6.07 Å². The highest BCUT2D eigenvalue weighted by Gasteiger charge is 2.35. The molecule has 21 heavy (non-hydrogen) atoms. The van der Waals surface area contributed by atoms with Crippen LogP contribution in [0.25, 0.3) is 0 Å². The van der Waals surface area contributed by atoms with Gasteiger partial charge in [0.2, 0.25) is 0 Å². The lowest BCUT2D eigenvalue weighted by atomic mass is 10.1. The Morgan fingerprint density at radius 1 is 1.05 bits per heavy atom. The van der Waals surface area contributed by atoms with E-state index in [4.69, 9.17) is 5.11 Å². The van der Waals surface area contributed by atoms with Gasteiger partial charge in [-0.15, -0.1) is 0 Å². The molecule has 5 heteroatoms. The highest BCUT2D eigenvalue weighted by molar-refractivity contribution is 5.52. The van der Waals surface area contributed by atoms with E-state index in [9.17, 15) is 13.2 Å². The second-order valence-electron chi connectivity index (χ2n) is 6.29. The zero-order valence-corrected chi connectivity index (χ0v) is 11.9. The van der Waals surface area contributed by atoms with Crippen LogP contribution in [-0.4, -0.2) is 18.2 Å². The number of aliphatic hydroxyl groups excluding tert-OH is 1. The molecule has 116 valence electrons. The van der Waals surface area contributed by atoms with Crippen molar-refractivity contribution in [3.63, 3.8) is 0 Å². The minimum atomic E-state index is -4.42. The average Bonchev–Trinajstić information content (AvgIpc) is 3.31. The van der Waals surface area contributed by atoms with Crippen LogP contribution in [0.1, 0.15) is 36.8 Å². The Kier molecular flexibility index (Phi) is 3.86. The molecule has 2 nitrogen and oxygen atoms in total. The summed E-state index contributed by atoms with van der Waals surface area (Å²) in [6.07, 6.45) is 0.312. The fourth-order valence-electron chi connectivity index (χ4n) is 2.67. The van der Waals surface area contributed by atoms with Crippen LogP contribution in [0.5, 0.6) is 0 Å². The molecule has 1 aromatic rings. The van der Waals surface area contributed by atoms with Gasteiger partial charge in [0.05, 0.1) is 12.2 Å². The van der Waals surface area contributed by atoms with Crippen molar-refractivity contribution < 1.29 is 18.3 Å². The van der Waals surface area contributed by atoms with Gasteiger partial charge in [-0.2, -0.15) is 13.2 Å². The molecule has 0 atom stereocenters. The Labute approximate surface area is 122 Å². The summed E-state index contributed by atoms with van der Waals surface area (Å²) in [6, 6.07) is 4.33. The number of hydrogen-bond donors (Lipinski definition) is 1. The summed E-state index contributed by atoms with van der Waals surface area (Å²) < 4.78 is 39.3. The Balaban J connectivity index is 1.86. The van der Waals surface area contributed by atoms with Gasteiger partial charge in [0.15, 0.2) is 0 Å². The van der Waals surface area contributed by atoms with Gasteiger partial charge in [0.1, 0.15) is 0 Å². The largest absolute Gasteiger partial charge is 0.416 e. The summed E-state index contributed by atoms with van der Waals surface area (Å²) in [5.74, 6) is 1.27. The smallest absolute Gasteiger partial charge is 0.392 e. The molecule has 0 heterocycles. The van der Waals surface area contributed by atoms with Crippen LogP contribution in [0.2, 0.25) is 0 Å². The van der Waals surface area contributed by atoms with Crippen LogP contribution in [-0.2, 0) is 12.8 Å². The topological polar surface area (TPSA) is 23.5 Å². The van der Waals surface area contributed by atoms with E-state index in [-0.39, 0.29) is 5.56 Å². The van der Waals surface area contributed by atoms with E-state index < -0.39 is 18.3 Å². The Hall–Kier alpha value is -1.23. The summed E-state index contributed by atoms with van der Waals surface area (Å²) >= 11 is 0. The summed E-state index contributed by atoms with van der Waals surface area (Å²) in [7, 11) is 0. The Morgan fingerprint density at radius 2 is 1.62 bits per heavy atom. The van der Waals surface area contributed by atoms with Crippen molar-refractivity contribution in [2.24, 2.45) is 11.8 Å². The summed E-state index contributed by atoms with van der Waals surface area (Å²) in [6.45, 7) is 1.12. The number of nitrogens with zero attached hydrogens (tertiary/aromatic N) is 1. The molecule has 0 amide bonds. The number of benzene rings is 1. The van der Waals surface area contributed by atoms with Crippen molar-refractivity contribution >= 4 is 5.69 Å². The van der Waals surface area contributed by atoms with Gasteiger partial charge in [0, 0.05) is 18.8 Å². The molecular formula is C16H20F3NO. The first-order valence-corrected chi connectivity index (χ1v) is 7.53. The minimum Gasteiger partial charge on any atom is -0.392 e. The van der Waals surface area contributed by atoms with E-state index in [1.165, 1.54) is 37.8 Å². The van der Waals surface area contributed by atoms with Crippen molar-refractivity contribution in [2.75, 3.05) is 18.0 Å². The van der Waals surface area contributed by atoms with Gasteiger partial charge >= 0.3 is 6.18 Å². The molecule has 0 spiro atoms. The van der Waals surface area contributed by atoms with Gasteiger partial charge in [-0.3, -0.25) is 0 Å². The molecule has 2 aliphatic rings. The second kappa shape index (κ2) is 5.52. The van der Waals surface area contributed by atoms with E-state index in [0.717, 1.165) is 13.1 Å². The van der Waals surface area contributed by atoms with E-state index >= 15 is 0 Å². The molecule has 1 N–H and O–H groups in total. The fourth-order valence-corrected chi connectivity index (χ4v) is 2.67. The average molecular weight is 299 g/mol. The summed E-state index contributed by atoms with van der Waals surface area (Å²) in [4.78, 5) is 2.10. The molecule has 0 aliphatic heterocycles. The Morgan fingerprint density at radius 3 is 2.05 bits per heavy atom. The first-order chi connectivity index (χ1) is 9.97. The molecule has 2 fully saturated rings. The molecule has 2 saturated carbocycles. The SMILES string of the molecule is OCc1ccc(N(CC2CC2)CC2CC2)cc1C(F)(F)F. The molecular weight excluding hydrogens is 279 g/mol. The molecule has 1 aromatic carbocycles. The van der Waals surface area contributed by atoms with Crippen molar-refractivity contribution in [1.29, 1.82) is 0 Å². The molecule has 0 radical (unpaired) electrons. The number of rotatable bonds is 6. The summed E-state index contributed by atoms with van der Waals surface area (Å²) in [5.41, 5.74) is -0.124. The molecule has 0 aromatic heterocycles. The van der Waals surface area contributed by atoms with Crippen LogP contribution in [0, 0.1) is 11.8 Å². The maximum atomic E-state index is 13.1. The van der Waals surface area contributed by atoms with Crippen molar-refractivity contribution in [1.82, 2.24) is 0 Å². The van der Waals surface area contributed by atoms with Crippen LogP contribution >= 0.6 is 0 Å². The predicted molar refractivity (Wildman–Crippen MR) is 75.0 cm³/mol. The van der Waals surface area contributed by atoms with Crippen LogP contribution in [0.4, 0.5) is 18.9 Å². The lowest BCUT2D eigenvalue weighted by Gasteiger charge is -2.26. The maximum absolute atomic E-state index is 13.1. The van der Waals surface area contributed by atoms with Gasteiger partial charge in [0.25, 0.3) is 0 Å². The third-order valence-corrected chi connectivity index (χ3v) is 4.29. The van der Waals surface area contributed by atoms with E-state index in [0.29, 0.717) is 17.5 Å². The second-order valence-corrected chi connectivity index (χ2v) is 6.29. The first-order valence-electron chi connectivity index (χ1n) is 7.53. The highest BCUT2D eigenvalue weighted by Crippen LogP contribution is 2.38. The molecule has 0 saturated heterocycles. The standard InChI is InChI=1S/C16H20F3NO/c17-16(18,19)15-7-14(6-5-13(15)10-21)20(8-11-1-2-11)9-12-3-4-12/h5-7,11-12,21H,1-4,8-10H2. The molecule has 0 unspecified atom stereocenters. The van der Waals surface area contributed by atoms with Crippen molar-refractivity contribution in [3.05, 3.63) is 29.3 Å². The van der Waals surface area contributed by atoms with Crippen LogP contribution in [0.3, 0.4) is 0 Å². The zero-order chi connectivity index (χ0) is 15.0. The third-order valence-electron chi connectivity index (χ3n) is 4.29. The molecule has 0 bridgehead atoms. The number of anilines is 1. The first kappa shape index (κ1) is 14.7. The van der Waals surface area contributed by atoms with E-state index in [1.807, 2.05) is 0 Å². The predicted octanol–water partition coefficient (Wildman–Crippen LogP) is 3.82. The number of halogens is 3. The van der Waals surface area contributed by atoms with Crippen LogP contribution < -0.4 is 4.90 Å². The number of alkyl halides is 3. The highest BCUT2D eigenvalue weighted by atomic mass is 19.4. The minimum absolute atomic E-state index is 0.0518. The molecule has 2 aliphatic carbocycles. The van der Waals surface area contributed by atoms with Gasteiger partial charge in [-0.25, -0.2) is 0 Å². The molecule has 3 rings (SSSR count).